The number of anilines is 1. The first-order chi connectivity index (χ1) is 14.5. The van der Waals surface area contributed by atoms with Crippen molar-refractivity contribution in [3.05, 3.63) is 83.6 Å². The van der Waals surface area contributed by atoms with E-state index in [2.05, 4.69) is 10.3 Å². The molecule has 0 aliphatic carbocycles. The van der Waals surface area contributed by atoms with Crippen molar-refractivity contribution in [2.24, 2.45) is 5.92 Å². The Balaban J connectivity index is 1.47. The van der Waals surface area contributed by atoms with Gasteiger partial charge in [0.05, 0.1) is 12.0 Å². The molecule has 2 unspecified atom stereocenters. The number of amides is 2. The standard InChI is InChI=1S/C23H20ClN3O3/c1-27-21(28)14-20(22(27)15-3-2-4-16(24)13-15)23(29)26-17-5-7-18(8-6-17)30-19-9-11-25-12-10-19/h2-13,20,22H,14H2,1H3,(H,26,29). The Labute approximate surface area is 179 Å². The molecule has 1 aromatic heterocycles. The zero-order valence-electron chi connectivity index (χ0n) is 16.3. The molecule has 1 fully saturated rings. The van der Waals surface area contributed by atoms with Gasteiger partial charge in [-0.2, -0.15) is 0 Å². The third-order valence-electron chi connectivity index (χ3n) is 5.12. The van der Waals surface area contributed by atoms with Gasteiger partial charge in [0.1, 0.15) is 11.5 Å². The topological polar surface area (TPSA) is 71.5 Å². The van der Waals surface area contributed by atoms with Crippen LogP contribution in [0, 0.1) is 5.92 Å². The molecular formula is C23H20ClN3O3. The van der Waals surface area contributed by atoms with Crippen LogP contribution in [-0.4, -0.2) is 28.7 Å². The summed E-state index contributed by atoms with van der Waals surface area (Å²) in [6, 6.07) is 17.5. The summed E-state index contributed by atoms with van der Waals surface area (Å²) in [5, 5.41) is 3.49. The van der Waals surface area contributed by atoms with Crippen LogP contribution in [0.4, 0.5) is 5.69 Å². The average Bonchev–Trinajstić information content (AvgIpc) is 3.05. The first-order valence-corrected chi connectivity index (χ1v) is 9.89. The molecule has 30 heavy (non-hydrogen) atoms. The number of benzene rings is 2. The number of carbonyl (C=O) groups excluding carboxylic acids is 2. The normalized spacial score (nSPS) is 18.3. The van der Waals surface area contributed by atoms with Crippen LogP contribution in [-0.2, 0) is 9.59 Å². The first kappa shape index (κ1) is 19.9. The Morgan fingerprint density at radius 3 is 2.50 bits per heavy atom. The second-order valence-corrected chi connectivity index (χ2v) is 7.55. The number of ether oxygens (including phenoxy) is 1. The highest BCUT2D eigenvalue weighted by atomic mass is 35.5. The predicted molar refractivity (Wildman–Crippen MR) is 114 cm³/mol. The first-order valence-electron chi connectivity index (χ1n) is 9.51. The lowest BCUT2D eigenvalue weighted by Crippen LogP contribution is -2.30. The van der Waals surface area contributed by atoms with Gasteiger partial charge in [-0.25, -0.2) is 0 Å². The smallest absolute Gasteiger partial charge is 0.230 e. The number of aromatic nitrogens is 1. The van der Waals surface area contributed by atoms with E-state index in [0.29, 0.717) is 22.2 Å². The van der Waals surface area contributed by atoms with Gasteiger partial charge >= 0.3 is 0 Å². The second-order valence-electron chi connectivity index (χ2n) is 7.11. The zero-order valence-corrected chi connectivity index (χ0v) is 17.0. The SMILES string of the molecule is CN1C(=O)CC(C(=O)Nc2ccc(Oc3ccncc3)cc2)C1c1cccc(Cl)c1. The minimum Gasteiger partial charge on any atom is -0.457 e. The van der Waals surface area contributed by atoms with Gasteiger partial charge in [-0.05, 0) is 54.1 Å². The number of halogens is 1. The number of hydrogen-bond donors (Lipinski definition) is 1. The highest BCUT2D eigenvalue weighted by Crippen LogP contribution is 2.38. The van der Waals surface area contributed by atoms with E-state index in [-0.39, 0.29) is 24.3 Å². The van der Waals surface area contributed by atoms with E-state index in [1.807, 2.05) is 12.1 Å². The maximum atomic E-state index is 13.0. The van der Waals surface area contributed by atoms with Gasteiger partial charge in [0.15, 0.2) is 0 Å². The van der Waals surface area contributed by atoms with Gasteiger partial charge in [0.25, 0.3) is 0 Å². The summed E-state index contributed by atoms with van der Waals surface area (Å²) in [4.78, 5) is 30.9. The number of nitrogens with zero attached hydrogens (tertiary/aromatic N) is 2. The van der Waals surface area contributed by atoms with E-state index in [1.165, 1.54) is 0 Å². The Morgan fingerprint density at radius 2 is 1.80 bits per heavy atom. The molecule has 0 bridgehead atoms. The molecule has 2 amide bonds. The Morgan fingerprint density at radius 1 is 1.10 bits per heavy atom. The van der Waals surface area contributed by atoms with E-state index in [9.17, 15) is 9.59 Å². The fraction of sp³-hybridized carbons (Fsp3) is 0.174. The van der Waals surface area contributed by atoms with E-state index in [1.54, 1.807) is 72.9 Å². The van der Waals surface area contributed by atoms with Crippen molar-refractivity contribution in [1.82, 2.24) is 9.88 Å². The van der Waals surface area contributed by atoms with E-state index >= 15 is 0 Å². The third-order valence-corrected chi connectivity index (χ3v) is 5.36. The van der Waals surface area contributed by atoms with Crippen molar-refractivity contribution >= 4 is 29.1 Å². The van der Waals surface area contributed by atoms with Gasteiger partial charge in [0.2, 0.25) is 11.8 Å². The predicted octanol–water partition coefficient (Wildman–Crippen LogP) is 4.69. The molecule has 2 atom stereocenters. The summed E-state index contributed by atoms with van der Waals surface area (Å²) in [7, 11) is 1.71. The van der Waals surface area contributed by atoms with Gasteiger partial charge in [-0.1, -0.05) is 23.7 Å². The van der Waals surface area contributed by atoms with Crippen LogP contribution in [0.2, 0.25) is 5.02 Å². The van der Waals surface area contributed by atoms with Crippen LogP contribution >= 0.6 is 11.6 Å². The Bertz CT molecular complexity index is 1060. The molecular weight excluding hydrogens is 402 g/mol. The molecule has 4 rings (SSSR count). The number of rotatable bonds is 5. The van der Waals surface area contributed by atoms with Gasteiger partial charge in [-0.15, -0.1) is 0 Å². The minimum atomic E-state index is -0.506. The number of pyridine rings is 1. The summed E-state index contributed by atoms with van der Waals surface area (Å²) < 4.78 is 5.74. The van der Waals surface area contributed by atoms with Crippen molar-refractivity contribution < 1.29 is 14.3 Å². The summed E-state index contributed by atoms with van der Waals surface area (Å²) in [5.74, 6) is 0.542. The van der Waals surface area contributed by atoms with Crippen molar-refractivity contribution in [2.45, 2.75) is 12.5 Å². The van der Waals surface area contributed by atoms with Crippen LogP contribution in [0.1, 0.15) is 18.0 Å². The van der Waals surface area contributed by atoms with Crippen LogP contribution in [0.5, 0.6) is 11.5 Å². The number of likely N-dealkylation sites (tertiary alicyclic amines) is 1. The highest BCUT2D eigenvalue weighted by Gasteiger charge is 2.42. The van der Waals surface area contributed by atoms with Gasteiger partial charge in [-0.3, -0.25) is 14.6 Å². The maximum absolute atomic E-state index is 13.0. The van der Waals surface area contributed by atoms with E-state index in [0.717, 1.165) is 5.56 Å². The fourth-order valence-corrected chi connectivity index (χ4v) is 3.83. The van der Waals surface area contributed by atoms with E-state index in [4.69, 9.17) is 16.3 Å². The molecule has 1 aliphatic heterocycles. The molecule has 2 aromatic carbocycles. The number of hydrogen-bond acceptors (Lipinski definition) is 4. The molecule has 7 heteroatoms. The van der Waals surface area contributed by atoms with Gasteiger partial charge in [0, 0.05) is 36.6 Å². The number of nitrogens with one attached hydrogen (secondary N) is 1. The second kappa shape index (κ2) is 8.55. The molecule has 0 saturated carbocycles. The van der Waals surface area contributed by atoms with E-state index < -0.39 is 5.92 Å². The molecule has 1 saturated heterocycles. The van der Waals surface area contributed by atoms with Crippen LogP contribution in [0.15, 0.2) is 73.1 Å². The lowest BCUT2D eigenvalue weighted by molar-refractivity contribution is -0.127. The summed E-state index contributed by atoms with van der Waals surface area (Å²) in [6.45, 7) is 0. The molecule has 1 N–H and O–H groups in total. The zero-order chi connectivity index (χ0) is 21.1. The lowest BCUT2D eigenvalue weighted by Gasteiger charge is -2.25. The molecule has 2 heterocycles. The molecule has 0 radical (unpaired) electrons. The van der Waals surface area contributed by atoms with Gasteiger partial charge < -0.3 is 15.0 Å². The van der Waals surface area contributed by atoms with Crippen LogP contribution in [0.25, 0.3) is 0 Å². The Hall–Kier alpha value is -3.38. The summed E-state index contributed by atoms with van der Waals surface area (Å²) >= 11 is 6.12. The molecule has 3 aromatic rings. The molecule has 152 valence electrons. The fourth-order valence-electron chi connectivity index (χ4n) is 3.63. The molecule has 6 nitrogen and oxygen atoms in total. The lowest BCUT2D eigenvalue weighted by atomic mass is 9.93. The minimum absolute atomic E-state index is 0.0683. The average molecular weight is 422 g/mol. The van der Waals surface area contributed by atoms with Crippen LogP contribution in [0.3, 0.4) is 0 Å². The quantitative estimate of drug-likeness (QED) is 0.649. The highest BCUT2D eigenvalue weighted by molar-refractivity contribution is 6.30. The third kappa shape index (κ3) is 4.28. The van der Waals surface area contributed by atoms with Crippen molar-refractivity contribution in [3.63, 3.8) is 0 Å². The summed E-state index contributed by atoms with van der Waals surface area (Å²) in [5.41, 5.74) is 1.48. The van der Waals surface area contributed by atoms with Crippen molar-refractivity contribution in [3.8, 4) is 11.5 Å². The molecule has 0 spiro atoms. The Kier molecular flexibility index (Phi) is 5.68. The van der Waals surface area contributed by atoms with Crippen molar-refractivity contribution in [1.29, 1.82) is 0 Å². The van der Waals surface area contributed by atoms with Crippen LogP contribution < -0.4 is 10.1 Å². The monoisotopic (exact) mass is 421 g/mol. The van der Waals surface area contributed by atoms with Crippen molar-refractivity contribution in [2.75, 3.05) is 12.4 Å². The number of carbonyl (C=O) groups is 2. The molecule has 1 aliphatic rings. The summed E-state index contributed by atoms with van der Waals surface area (Å²) in [6.07, 6.45) is 3.46. The largest absolute Gasteiger partial charge is 0.457 e. The maximum Gasteiger partial charge on any atom is 0.230 e.